The summed E-state index contributed by atoms with van der Waals surface area (Å²) in [6, 6.07) is 8.66. The third-order valence-electron chi connectivity index (χ3n) is 2.96. The largest absolute Gasteiger partial charge is 0.459 e. The van der Waals surface area contributed by atoms with Gasteiger partial charge in [0.1, 0.15) is 12.3 Å². The zero-order valence-electron chi connectivity index (χ0n) is 11.4. The van der Waals surface area contributed by atoms with Crippen LogP contribution in [0.4, 0.5) is 0 Å². The van der Waals surface area contributed by atoms with E-state index in [-0.39, 0.29) is 24.6 Å². The molecule has 0 aromatic carbocycles. The highest BCUT2D eigenvalue weighted by molar-refractivity contribution is 9.10. The first-order chi connectivity index (χ1) is 10.6. The maximum atomic E-state index is 12.0. The Hall–Kier alpha value is -1.99. The third-order valence-corrected chi connectivity index (χ3v) is 4.30. The van der Waals surface area contributed by atoms with E-state index in [1.165, 1.54) is 21.8 Å². The Morgan fingerprint density at radius 2 is 2.23 bits per heavy atom. The molecular weight excluding hydrogens is 368 g/mol. The van der Waals surface area contributed by atoms with Crippen molar-refractivity contribution in [2.24, 2.45) is 0 Å². The number of halogens is 1. The van der Waals surface area contributed by atoms with Crippen LogP contribution in [0.5, 0.6) is 0 Å². The molecule has 0 aliphatic rings. The Morgan fingerprint density at radius 1 is 1.36 bits per heavy atom. The Balaban J connectivity index is 1.73. The fourth-order valence-corrected chi connectivity index (χ4v) is 2.99. The number of aromatic nitrogens is 2. The normalized spacial score (nSPS) is 10.8. The first-order valence-electron chi connectivity index (χ1n) is 6.48. The maximum Gasteiger partial charge on any atom is 0.311 e. The summed E-state index contributed by atoms with van der Waals surface area (Å²) < 4.78 is 7.40. The van der Waals surface area contributed by atoms with Crippen molar-refractivity contribution in [3.8, 4) is 0 Å². The van der Waals surface area contributed by atoms with Crippen LogP contribution in [-0.2, 0) is 22.6 Å². The molecule has 3 aromatic rings. The molecular formula is C15H11BrN2O3S. The van der Waals surface area contributed by atoms with Gasteiger partial charge in [0.2, 0.25) is 0 Å². The van der Waals surface area contributed by atoms with Crippen LogP contribution in [0, 0.1) is 0 Å². The van der Waals surface area contributed by atoms with Crippen molar-refractivity contribution in [2.75, 3.05) is 0 Å². The molecule has 0 bridgehead atoms. The zero-order valence-corrected chi connectivity index (χ0v) is 13.8. The Kier molecular flexibility index (Phi) is 4.35. The minimum absolute atomic E-state index is 0.00792. The Labute approximate surface area is 138 Å². The van der Waals surface area contributed by atoms with E-state index in [4.69, 9.17) is 4.74 Å². The average Bonchev–Trinajstić information content (AvgIpc) is 2.99. The average molecular weight is 379 g/mol. The van der Waals surface area contributed by atoms with Crippen molar-refractivity contribution in [1.82, 2.24) is 9.38 Å². The molecule has 0 N–H and O–H groups in total. The van der Waals surface area contributed by atoms with E-state index >= 15 is 0 Å². The number of fused-ring (bicyclic) bond motifs is 1. The molecule has 0 aliphatic carbocycles. The summed E-state index contributed by atoms with van der Waals surface area (Å²) in [6.45, 7) is -0.00792. The third kappa shape index (κ3) is 3.42. The fraction of sp³-hybridized carbons (Fsp3) is 0.133. The van der Waals surface area contributed by atoms with E-state index in [0.717, 1.165) is 9.35 Å². The summed E-state index contributed by atoms with van der Waals surface area (Å²) in [5.41, 5.74) is 0.738. The molecule has 0 saturated heterocycles. The molecule has 0 spiro atoms. The number of ether oxygens (including phenoxy) is 1. The van der Waals surface area contributed by atoms with Crippen LogP contribution in [0.3, 0.4) is 0 Å². The molecule has 0 saturated carbocycles. The first-order valence-corrected chi connectivity index (χ1v) is 8.15. The van der Waals surface area contributed by atoms with E-state index in [1.807, 2.05) is 17.5 Å². The lowest BCUT2D eigenvalue weighted by Gasteiger charge is -2.06. The minimum Gasteiger partial charge on any atom is -0.459 e. The molecule has 0 fully saturated rings. The number of carbonyl (C=O) groups excluding carboxylic acids is 1. The van der Waals surface area contributed by atoms with Crippen molar-refractivity contribution >= 4 is 38.9 Å². The van der Waals surface area contributed by atoms with Gasteiger partial charge in [0.05, 0.1) is 12.1 Å². The van der Waals surface area contributed by atoms with E-state index in [1.54, 1.807) is 18.3 Å². The molecule has 3 aromatic heterocycles. The summed E-state index contributed by atoms with van der Waals surface area (Å²) in [7, 11) is 0. The van der Waals surface area contributed by atoms with Gasteiger partial charge in [-0.15, -0.1) is 11.3 Å². The Morgan fingerprint density at radius 3 is 3.00 bits per heavy atom. The van der Waals surface area contributed by atoms with Gasteiger partial charge in [-0.1, -0.05) is 6.07 Å². The van der Waals surface area contributed by atoms with Crippen LogP contribution in [0.2, 0.25) is 0 Å². The monoisotopic (exact) mass is 378 g/mol. The zero-order chi connectivity index (χ0) is 15.5. The molecule has 112 valence electrons. The molecule has 3 heterocycles. The van der Waals surface area contributed by atoms with Gasteiger partial charge in [-0.3, -0.25) is 14.0 Å². The molecule has 0 amide bonds. The SMILES string of the molecule is O=C(Cc1cccs1)OCc1cc(=O)n2cc(Br)ccc2n1. The maximum absolute atomic E-state index is 12.0. The van der Waals surface area contributed by atoms with Gasteiger partial charge in [-0.05, 0) is 39.5 Å². The number of rotatable bonds is 4. The standard InChI is InChI=1S/C15H11BrN2O3S/c16-10-3-4-13-17-11(6-14(19)18(13)8-10)9-21-15(20)7-12-2-1-5-22-12/h1-6,8H,7,9H2. The van der Waals surface area contributed by atoms with Crippen LogP contribution in [0.1, 0.15) is 10.6 Å². The lowest BCUT2D eigenvalue weighted by atomic mass is 10.3. The van der Waals surface area contributed by atoms with Gasteiger partial charge in [0.25, 0.3) is 5.56 Å². The minimum atomic E-state index is -0.333. The smallest absolute Gasteiger partial charge is 0.311 e. The van der Waals surface area contributed by atoms with Gasteiger partial charge in [-0.2, -0.15) is 0 Å². The molecule has 0 atom stereocenters. The quantitative estimate of drug-likeness (QED) is 0.654. The van der Waals surface area contributed by atoms with Gasteiger partial charge in [-0.25, -0.2) is 4.98 Å². The first kappa shape index (κ1) is 14.9. The molecule has 7 heteroatoms. The number of hydrogen-bond donors (Lipinski definition) is 0. The molecule has 3 rings (SSSR count). The predicted molar refractivity (Wildman–Crippen MR) is 87.0 cm³/mol. The van der Waals surface area contributed by atoms with Gasteiger partial charge in [0.15, 0.2) is 0 Å². The number of pyridine rings is 1. The number of esters is 1. The molecule has 5 nitrogen and oxygen atoms in total. The summed E-state index contributed by atoms with van der Waals surface area (Å²) in [5.74, 6) is -0.333. The van der Waals surface area contributed by atoms with E-state index < -0.39 is 0 Å². The summed E-state index contributed by atoms with van der Waals surface area (Å²) in [6.07, 6.45) is 1.88. The second-order valence-corrected chi connectivity index (χ2v) is 6.53. The topological polar surface area (TPSA) is 60.7 Å². The van der Waals surface area contributed by atoms with Gasteiger partial charge < -0.3 is 4.74 Å². The van der Waals surface area contributed by atoms with Crippen LogP contribution in [-0.4, -0.2) is 15.4 Å². The number of hydrogen-bond acceptors (Lipinski definition) is 5. The van der Waals surface area contributed by atoms with Crippen LogP contribution < -0.4 is 5.56 Å². The van der Waals surface area contributed by atoms with Crippen molar-refractivity contribution in [2.45, 2.75) is 13.0 Å². The Bertz CT molecular complexity index is 874. The molecule has 0 aliphatic heterocycles. The molecule has 22 heavy (non-hydrogen) atoms. The van der Waals surface area contributed by atoms with E-state index in [2.05, 4.69) is 20.9 Å². The van der Waals surface area contributed by atoms with Gasteiger partial charge in [0, 0.05) is 21.6 Å². The molecule has 0 radical (unpaired) electrons. The summed E-state index contributed by atoms with van der Waals surface area (Å²) >= 11 is 4.81. The lowest BCUT2D eigenvalue weighted by Crippen LogP contribution is -2.17. The second-order valence-electron chi connectivity index (χ2n) is 4.58. The van der Waals surface area contributed by atoms with Crippen LogP contribution >= 0.6 is 27.3 Å². The lowest BCUT2D eigenvalue weighted by molar-refractivity contribution is -0.144. The molecule has 0 unspecified atom stereocenters. The number of carbonyl (C=O) groups is 1. The predicted octanol–water partition coefficient (Wildman–Crippen LogP) is 2.80. The summed E-state index contributed by atoms with van der Waals surface area (Å²) in [5, 5.41) is 1.91. The van der Waals surface area contributed by atoms with E-state index in [0.29, 0.717) is 11.3 Å². The van der Waals surface area contributed by atoms with Crippen molar-refractivity contribution in [3.63, 3.8) is 0 Å². The summed E-state index contributed by atoms with van der Waals surface area (Å²) in [4.78, 5) is 29.0. The highest BCUT2D eigenvalue weighted by Gasteiger charge is 2.08. The second kappa shape index (κ2) is 6.41. The van der Waals surface area contributed by atoms with Crippen molar-refractivity contribution < 1.29 is 9.53 Å². The highest BCUT2D eigenvalue weighted by Crippen LogP contribution is 2.11. The number of thiophene rings is 1. The van der Waals surface area contributed by atoms with Crippen molar-refractivity contribution in [1.29, 1.82) is 0 Å². The van der Waals surface area contributed by atoms with Crippen LogP contribution in [0.25, 0.3) is 5.65 Å². The van der Waals surface area contributed by atoms with Crippen LogP contribution in [0.15, 0.2) is 51.2 Å². The van der Waals surface area contributed by atoms with E-state index in [9.17, 15) is 9.59 Å². The fourth-order valence-electron chi connectivity index (χ4n) is 1.96. The highest BCUT2D eigenvalue weighted by atomic mass is 79.9. The van der Waals surface area contributed by atoms with Gasteiger partial charge >= 0.3 is 5.97 Å². The number of nitrogens with zero attached hydrogens (tertiary/aromatic N) is 2. The van der Waals surface area contributed by atoms with Crippen molar-refractivity contribution in [3.05, 3.63) is 67.3 Å².